The minimum Gasteiger partial charge on any atom is -0.454 e. The van der Waals surface area contributed by atoms with Crippen molar-refractivity contribution in [2.24, 2.45) is 0 Å². The van der Waals surface area contributed by atoms with Crippen LogP contribution < -0.4 is 19.5 Å². The van der Waals surface area contributed by atoms with E-state index < -0.39 is 10.0 Å². The molecule has 0 amide bonds. The number of hydrogen-bond acceptors (Lipinski definition) is 6. The normalized spacial score (nSPS) is 12.2. The average Bonchev–Trinajstić information content (AvgIpc) is 3.18. The van der Waals surface area contributed by atoms with E-state index in [-0.39, 0.29) is 11.7 Å². The third kappa shape index (κ3) is 3.70. The fraction of sp³-hybridized carbons (Fsp3) is 0.0500. The van der Waals surface area contributed by atoms with Crippen molar-refractivity contribution in [1.82, 2.24) is 0 Å². The van der Waals surface area contributed by atoms with Crippen LogP contribution in [0.4, 0.5) is 17.1 Å². The summed E-state index contributed by atoms with van der Waals surface area (Å²) in [6.07, 6.45) is 0. The minimum absolute atomic E-state index is 0.0833. The Bertz CT molecular complexity index is 1150. The minimum atomic E-state index is -3.75. The lowest BCUT2D eigenvalue weighted by molar-refractivity contribution is 0.174. The number of fused-ring (bicyclic) bond motifs is 1. The Morgan fingerprint density at radius 3 is 2.11 bits per heavy atom. The summed E-state index contributed by atoms with van der Waals surface area (Å²) in [5.41, 5.74) is 2.63. The van der Waals surface area contributed by atoms with Gasteiger partial charge in [-0.05, 0) is 60.7 Å². The molecule has 140 valence electrons. The number of nitrogens with one attached hydrogen (secondary N) is 2. The molecule has 3 aromatic carbocycles. The molecule has 0 bridgehead atoms. The van der Waals surface area contributed by atoms with Crippen LogP contribution in [0.15, 0.2) is 71.6 Å². The highest BCUT2D eigenvalue weighted by Gasteiger charge is 2.20. The maximum absolute atomic E-state index is 12.6. The standard InChI is InChI=1S/C20H15N3O4S/c21-12-14-1-3-15(4-2-14)22-16-5-7-17(8-6-16)23-28(24,25)18-9-10-19-20(11-18)27-13-26-19/h1-11,22-23H,13H2. The summed E-state index contributed by atoms with van der Waals surface area (Å²) in [5.74, 6) is 0.932. The van der Waals surface area contributed by atoms with Gasteiger partial charge in [0, 0.05) is 23.1 Å². The molecule has 1 aliphatic rings. The Hall–Kier alpha value is -3.70. The molecule has 0 radical (unpaired) electrons. The summed E-state index contributed by atoms with van der Waals surface area (Å²) in [4.78, 5) is 0.0940. The molecule has 1 aliphatic heterocycles. The number of rotatable bonds is 5. The Balaban J connectivity index is 1.47. The van der Waals surface area contributed by atoms with E-state index in [1.54, 1.807) is 54.6 Å². The maximum atomic E-state index is 12.6. The molecule has 0 aromatic heterocycles. The van der Waals surface area contributed by atoms with Crippen LogP contribution in [0.25, 0.3) is 0 Å². The number of anilines is 3. The van der Waals surface area contributed by atoms with E-state index in [1.807, 2.05) is 0 Å². The van der Waals surface area contributed by atoms with Crippen molar-refractivity contribution in [2.45, 2.75) is 4.90 Å². The lowest BCUT2D eigenvalue weighted by Crippen LogP contribution is -2.12. The van der Waals surface area contributed by atoms with Gasteiger partial charge in [-0.1, -0.05) is 0 Å². The molecule has 0 aliphatic carbocycles. The van der Waals surface area contributed by atoms with Gasteiger partial charge in [0.2, 0.25) is 6.79 Å². The first-order valence-electron chi connectivity index (χ1n) is 8.33. The van der Waals surface area contributed by atoms with Gasteiger partial charge in [0.05, 0.1) is 16.5 Å². The number of nitrogens with zero attached hydrogens (tertiary/aromatic N) is 1. The molecular weight excluding hydrogens is 378 g/mol. The summed E-state index contributed by atoms with van der Waals surface area (Å²) in [6.45, 7) is 0.0833. The molecule has 0 atom stereocenters. The van der Waals surface area contributed by atoms with Gasteiger partial charge in [0.1, 0.15) is 0 Å². The van der Waals surface area contributed by atoms with Crippen molar-refractivity contribution in [3.05, 3.63) is 72.3 Å². The Morgan fingerprint density at radius 1 is 0.821 bits per heavy atom. The van der Waals surface area contributed by atoms with Crippen molar-refractivity contribution < 1.29 is 17.9 Å². The van der Waals surface area contributed by atoms with Crippen molar-refractivity contribution in [2.75, 3.05) is 16.8 Å². The molecule has 3 aromatic rings. The lowest BCUT2D eigenvalue weighted by atomic mass is 10.2. The number of ether oxygens (including phenoxy) is 2. The zero-order chi connectivity index (χ0) is 19.6. The van der Waals surface area contributed by atoms with Crippen molar-refractivity contribution >= 4 is 27.1 Å². The molecule has 0 spiro atoms. The number of nitriles is 1. The van der Waals surface area contributed by atoms with Crippen molar-refractivity contribution in [3.8, 4) is 17.6 Å². The first-order valence-corrected chi connectivity index (χ1v) is 9.81. The predicted octanol–water partition coefficient (Wildman–Crippen LogP) is 3.83. The Labute approximate surface area is 162 Å². The Kier molecular flexibility index (Phi) is 4.51. The first-order chi connectivity index (χ1) is 13.5. The second-order valence-corrected chi connectivity index (χ2v) is 7.69. The quantitative estimate of drug-likeness (QED) is 0.683. The molecule has 4 rings (SSSR count). The molecule has 7 nitrogen and oxygen atoms in total. The van der Waals surface area contributed by atoms with Gasteiger partial charge in [0.25, 0.3) is 10.0 Å². The van der Waals surface area contributed by atoms with Crippen LogP contribution in [-0.2, 0) is 10.0 Å². The lowest BCUT2D eigenvalue weighted by Gasteiger charge is -2.10. The average molecular weight is 393 g/mol. The highest BCUT2D eigenvalue weighted by molar-refractivity contribution is 7.92. The number of sulfonamides is 1. The third-order valence-corrected chi connectivity index (χ3v) is 5.47. The van der Waals surface area contributed by atoms with Gasteiger partial charge >= 0.3 is 0 Å². The predicted molar refractivity (Wildman–Crippen MR) is 104 cm³/mol. The van der Waals surface area contributed by atoms with E-state index in [2.05, 4.69) is 16.1 Å². The monoisotopic (exact) mass is 393 g/mol. The molecule has 0 saturated heterocycles. The third-order valence-electron chi connectivity index (χ3n) is 4.09. The van der Waals surface area contributed by atoms with Crippen LogP contribution in [0.5, 0.6) is 11.5 Å². The molecule has 1 heterocycles. The van der Waals surface area contributed by atoms with Gasteiger partial charge in [-0.25, -0.2) is 8.42 Å². The summed E-state index contributed by atoms with van der Waals surface area (Å²) in [6, 6.07) is 20.4. The van der Waals surface area contributed by atoms with E-state index in [9.17, 15) is 8.42 Å². The fourth-order valence-corrected chi connectivity index (χ4v) is 3.75. The molecule has 8 heteroatoms. The molecule has 0 unspecified atom stereocenters. The molecule has 0 fully saturated rings. The zero-order valence-electron chi connectivity index (χ0n) is 14.5. The summed E-state index contributed by atoms with van der Waals surface area (Å²) in [5, 5.41) is 12.0. The van der Waals surface area contributed by atoms with E-state index in [1.165, 1.54) is 12.1 Å². The van der Waals surface area contributed by atoms with Crippen LogP contribution in [0, 0.1) is 11.3 Å². The summed E-state index contributed by atoms with van der Waals surface area (Å²) in [7, 11) is -3.75. The SMILES string of the molecule is N#Cc1ccc(Nc2ccc(NS(=O)(=O)c3ccc4c(c3)OCO4)cc2)cc1. The Morgan fingerprint density at radius 2 is 1.43 bits per heavy atom. The van der Waals surface area contributed by atoms with Crippen LogP contribution in [0.3, 0.4) is 0 Å². The first kappa shape index (κ1) is 17.7. The second kappa shape index (κ2) is 7.13. The largest absolute Gasteiger partial charge is 0.454 e. The van der Waals surface area contributed by atoms with Gasteiger partial charge in [0.15, 0.2) is 11.5 Å². The van der Waals surface area contributed by atoms with Gasteiger partial charge in [-0.3, -0.25) is 4.72 Å². The van der Waals surface area contributed by atoms with Gasteiger partial charge < -0.3 is 14.8 Å². The van der Waals surface area contributed by atoms with E-state index in [0.717, 1.165) is 11.4 Å². The highest BCUT2D eigenvalue weighted by atomic mass is 32.2. The molecule has 2 N–H and O–H groups in total. The highest BCUT2D eigenvalue weighted by Crippen LogP contribution is 2.34. The van der Waals surface area contributed by atoms with Crippen LogP contribution in [-0.4, -0.2) is 15.2 Å². The zero-order valence-corrected chi connectivity index (χ0v) is 15.4. The molecule has 28 heavy (non-hydrogen) atoms. The van der Waals surface area contributed by atoms with Crippen molar-refractivity contribution in [1.29, 1.82) is 5.26 Å². The summed E-state index contributed by atoms with van der Waals surface area (Å²) >= 11 is 0. The van der Waals surface area contributed by atoms with E-state index in [4.69, 9.17) is 14.7 Å². The smallest absolute Gasteiger partial charge is 0.262 e. The topological polar surface area (TPSA) is 100 Å². The van der Waals surface area contributed by atoms with E-state index in [0.29, 0.717) is 22.7 Å². The van der Waals surface area contributed by atoms with Gasteiger partial charge in [-0.15, -0.1) is 0 Å². The molecule has 0 saturated carbocycles. The van der Waals surface area contributed by atoms with Crippen LogP contribution >= 0.6 is 0 Å². The van der Waals surface area contributed by atoms with Crippen LogP contribution in [0.2, 0.25) is 0 Å². The molecular formula is C20H15N3O4S. The summed E-state index contributed by atoms with van der Waals surface area (Å²) < 4.78 is 38.2. The fourth-order valence-electron chi connectivity index (χ4n) is 2.67. The second-order valence-electron chi connectivity index (χ2n) is 6.01. The van der Waals surface area contributed by atoms with Crippen LogP contribution in [0.1, 0.15) is 5.56 Å². The number of benzene rings is 3. The van der Waals surface area contributed by atoms with Gasteiger partial charge in [-0.2, -0.15) is 5.26 Å². The van der Waals surface area contributed by atoms with E-state index >= 15 is 0 Å². The maximum Gasteiger partial charge on any atom is 0.262 e. The number of hydrogen-bond donors (Lipinski definition) is 2. The van der Waals surface area contributed by atoms with Crippen molar-refractivity contribution in [3.63, 3.8) is 0 Å².